The first-order chi connectivity index (χ1) is 14.2. The number of likely N-dealkylation sites (N-methyl/N-ethyl adjacent to an activating group) is 1. The van der Waals surface area contributed by atoms with E-state index in [2.05, 4.69) is 29.6 Å². The molecule has 4 aromatic rings. The van der Waals surface area contributed by atoms with Crippen molar-refractivity contribution in [3.8, 4) is 11.5 Å². The molecule has 0 bridgehead atoms. The first-order valence-electron chi connectivity index (χ1n) is 9.16. The van der Waals surface area contributed by atoms with E-state index in [-0.39, 0.29) is 12.5 Å². The van der Waals surface area contributed by atoms with Crippen molar-refractivity contribution in [2.75, 3.05) is 20.8 Å². The van der Waals surface area contributed by atoms with E-state index in [1.165, 1.54) is 15.5 Å². The molecule has 0 atom stereocenters. The summed E-state index contributed by atoms with van der Waals surface area (Å²) in [5.41, 5.74) is 1.99. The first-order valence-corrected chi connectivity index (χ1v) is 9.97. The lowest BCUT2D eigenvalue weighted by Gasteiger charge is -2.10. The van der Waals surface area contributed by atoms with Crippen LogP contribution in [0.25, 0.3) is 33.1 Å². The van der Waals surface area contributed by atoms with Gasteiger partial charge in [-0.25, -0.2) is 4.98 Å². The highest BCUT2D eigenvalue weighted by Crippen LogP contribution is 2.31. The predicted octanol–water partition coefficient (Wildman–Crippen LogP) is 4.75. The van der Waals surface area contributed by atoms with Gasteiger partial charge in [-0.3, -0.25) is 4.79 Å². The van der Waals surface area contributed by atoms with Gasteiger partial charge in [-0.1, -0.05) is 42.5 Å². The van der Waals surface area contributed by atoms with Gasteiger partial charge < -0.3 is 14.8 Å². The monoisotopic (exact) mass is 404 g/mol. The smallest absolute Gasteiger partial charge is 0.257 e. The highest BCUT2D eigenvalue weighted by atomic mass is 32.1. The molecule has 0 radical (unpaired) electrons. The number of aromatic nitrogens is 1. The van der Waals surface area contributed by atoms with Gasteiger partial charge in [0, 0.05) is 12.4 Å². The molecule has 0 saturated carbocycles. The molecule has 29 heavy (non-hydrogen) atoms. The molecular formula is C23H20N2O3S. The first kappa shape index (κ1) is 19.0. The van der Waals surface area contributed by atoms with Crippen LogP contribution in [0.3, 0.4) is 0 Å². The normalized spacial score (nSPS) is 11.2. The van der Waals surface area contributed by atoms with Gasteiger partial charge in [0.05, 0.1) is 17.3 Å². The van der Waals surface area contributed by atoms with Crippen LogP contribution in [0.4, 0.5) is 0 Å². The number of rotatable bonds is 6. The fraction of sp³-hybridized carbons (Fsp3) is 0.130. The number of nitrogens with zero attached hydrogens (tertiary/aromatic N) is 1. The highest BCUT2D eigenvalue weighted by Gasteiger charge is 2.08. The van der Waals surface area contributed by atoms with Gasteiger partial charge in [-0.2, -0.15) is 0 Å². The van der Waals surface area contributed by atoms with E-state index in [0.29, 0.717) is 11.5 Å². The molecule has 6 heteroatoms. The Morgan fingerprint density at radius 1 is 1.10 bits per heavy atom. The van der Waals surface area contributed by atoms with Crippen LogP contribution in [-0.4, -0.2) is 31.7 Å². The number of fused-ring (bicyclic) bond motifs is 3. The van der Waals surface area contributed by atoms with Crippen LogP contribution >= 0.6 is 11.3 Å². The summed E-state index contributed by atoms with van der Waals surface area (Å²) in [7, 11) is 3.15. The Kier molecular flexibility index (Phi) is 5.44. The van der Waals surface area contributed by atoms with E-state index < -0.39 is 0 Å². The van der Waals surface area contributed by atoms with Gasteiger partial charge in [0.25, 0.3) is 5.91 Å². The summed E-state index contributed by atoms with van der Waals surface area (Å²) >= 11 is 1.66. The number of nitrogens with one attached hydrogen (secondary N) is 1. The Balaban J connectivity index is 1.58. The topological polar surface area (TPSA) is 60.5 Å². The Hall–Kier alpha value is -3.38. The molecule has 0 spiro atoms. The van der Waals surface area contributed by atoms with Crippen LogP contribution in [0.2, 0.25) is 0 Å². The standard InChI is InChI=1S/C23H20N2O3S/c1-24-21(26)14-28-18-10-7-15(13-19(18)27-2)8-12-22-25-23-17-6-4-3-5-16(17)9-11-20(23)29-22/h3-13H,14H2,1-2H3,(H,24,26). The second kappa shape index (κ2) is 8.32. The Bertz CT molecular complexity index is 1210. The molecule has 0 aliphatic carbocycles. The van der Waals surface area contributed by atoms with E-state index in [0.717, 1.165) is 16.1 Å². The molecule has 1 N–H and O–H groups in total. The molecule has 1 heterocycles. The third-order valence-corrected chi connectivity index (χ3v) is 5.53. The number of amides is 1. The van der Waals surface area contributed by atoms with Crippen LogP contribution in [0.15, 0.2) is 54.6 Å². The third kappa shape index (κ3) is 4.07. The van der Waals surface area contributed by atoms with Crippen molar-refractivity contribution in [3.05, 3.63) is 65.2 Å². The zero-order chi connectivity index (χ0) is 20.2. The number of methoxy groups -OCH3 is 1. The summed E-state index contributed by atoms with van der Waals surface area (Å²) in [6.45, 7) is -0.0539. The zero-order valence-corrected chi connectivity index (χ0v) is 17.0. The lowest BCUT2D eigenvalue weighted by Crippen LogP contribution is -2.24. The molecule has 0 aliphatic heterocycles. The minimum absolute atomic E-state index is 0.0539. The highest BCUT2D eigenvalue weighted by molar-refractivity contribution is 7.19. The van der Waals surface area contributed by atoms with Crippen molar-refractivity contribution < 1.29 is 14.3 Å². The summed E-state index contributed by atoms with van der Waals surface area (Å²) in [5.74, 6) is 0.908. The maximum atomic E-state index is 11.4. The Labute approximate surface area is 172 Å². The van der Waals surface area contributed by atoms with Gasteiger partial charge in [0.15, 0.2) is 18.1 Å². The van der Waals surface area contributed by atoms with Crippen LogP contribution in [0, 0.1) is 0 Å². The summed E-state index contributed by atoms with van der Waals surface area (Å²) < 4.78 is 12.1. The molecule has 3 aromatic carbocycles. The number of hydrogen-bond acceptors (Lipinski definition) is 5. The Morgan fingerprint density at radius 3 is 2.79 bits per heavy atom. The van der Waals surface area contributed by atoms with Crippen LogP contribution in [-0.2, 0) is 4.79 Å². The summed E-state index contributed by atoms with van der Waals surface area (Å²) in [4.78, 5) is 16.2. The number of hydrogen-bond donors (Lipinski definition) is 1. The maximum Gasteiger partial charge on any atom is 0.257 e. The van der Waals surface area contributed by atoms with E-state index in [1.807, 2.05) is 36.4 Å². The van der Waals surface area contributed by atoms with Crippen LogP contribution < -0.4 is 14.8 Å². The van der Waals surface area contributed by atoms with Crippen molar-refractivity contribution in [2.45, 2.75) is 0 Å². The molecule has 1 amide bonds. The van der Waals surface area contributed by atoms with E-state index >= 15 is 0 Å². The molecule has 146 valence electrons. The van der Waals surface area contributed by atoms with Gasteiger partial charge in [0.1, 0.15) is 5.01 Å². The average molecular weight is 404 g/mol. The molecular weight excluding hydrogens is 384 g/mol. The number of carbonyl (C=O) groups excluding carboxylic acids is 1. The van der Waals surface area contributed by atoms with E-state index in [1.54, 1.807) is 31.6 Å². The maximum absolute atomic E-state index is 11.4. The minimum Gasteiger partial charge on any atom is -0.493 e. The van der Waals surface area contributed by atoms with Crippen molar-refractivity contribution >= 4 is 50.4 Å². The molecule has 5 nitrogen and oxygen atoms in total. The summed E-state index contributed by atoms with van der Waals surface area (Å²) in [5, 5.41) is 5.82. The molecule has 0 saturated heterocycles. The fourth-order valence-corrected chi connectivity index (χ4v) is 3.93. The van der Waals surface area contributed by atoms with Crippen molar-refractivity contribution in [1.82, 2.24) is 10.3 Å². The number of carbonyl (C=O) groups is 1. The Morgan fingerprint density at radius 2 is 1.97 bits per heavy atom. The van der Waals surface area contributed by atoms with Gasteiger partial charge in [-0.05, 0) is 35.2 Å². The zero-order valence-electron chi connectivity index (χ0n) is 16.1. The van der Waals surface area contributed by atoms with Gasteiger partial charge in [-0.15, -0.1) is 11.3 Å². The molecule has 4 rings (SSSR count). The predicted molar refractivity (Wildman–Crippen MR) is 119 cm³/mol. The average Bonchev–Trinajstić information content (AvgIpc) is 3.20. The van der Waals surface area contributed by atoms with E-state index in [4.69, 9.17) is 14.5 Å². The van der Waals surface area contributed by atoms with Crippen LogP contribution in [0.1, 0.15) is 10.6 Å². The summed E-state index contributed by atoms with van der Waals surface area (Å²) in [6.07, 6.45) is 3.99. The molecule has 0 fully saturated rings. The third-order valence-electron chi connectivity index (χ3n) is 4.54. The quantitative estimate of drug-likeness (QED) is 0.504. The fourth-order valence-electron chi connectivity index (χ4n) is 3.04. The number of benzene rings is 3. The molecule has 0 aliphatic rings. The van der Waals surface area contributed by atoms with Crippen LogP contribution in [0.5, 0.6) is 11.5 Å². The summed E-state index contributed by atoms with van der Waals surface area (Å²) in [6, 6.07) is 18.1. The second-order valence-corrected chi connectivity index (χ2v) is 7.45. The van der Waals surface area contributed by atoms with Crippen molar-refractivity contribution in [3.63, 3.8) is 0 Å². The van der Waals surface area contributed by atoms with Gasteiger partial charge >= 0.3 is 0 Å². The lowest BCUT2D eigenvalue weighted by molar-refractivity contribution is -0.122. The van der Waals surface area contributed by atoms with E-state index in [9.17, 15) is 4.79 Å². The van der Waals surface area contributed by atoms with Gasteiger partial charge in [0.2, 0.25) is 0 Å². The number of thiazole rings is 1. The van der Waals surface area contributed by atoms with Crippen molar-refractivity contribution in [2.24, 2.45) is 0 Å². The minimum atomic E-state index is -0.195. The SMILES string of the molecule is CNC(=O)COc1ccc(C=Cc2nc3c(ccc4ccccc43)s2)cc1OC. The molecule has 0 unspecified atom stereocenters. The second-order valence-electron chi connectivity index (χ2n) is 6.39. The molecule has 1 aromatic heterocycles. The number of ether oxygens (including phenoxy) is 2. The largest absolute Gasteiger partial charge is 0.493 e. The lowest BCUT2D eigenvalue weighted by atomic mass is 10.1. The van der Waals surface area contributed by atoms with Crippen molar-refractivity contribution in [1.29, 1.82) is 0 Å².